The summed E-state index contributed by atoms with van der Waals surface area (Å²) in [5.41, 5.74) is 14.3. The van der Waals surface area contributed by atoms with Crippen LogP contribution in [-0.4, -0.2) is 17.4 Å². The third kappa shape index (κ3) is 7.45. The van der Waals surface area contributed by atoms with Crippen LogP contribution in [0.3, 0.4) is 0 Å². The average Bonchev–Trinajstić information content (AvgIpc) is 3.45. The van der Waals surface area contributed by atoms with Crippen molar-refractivity contribution in [1.29, 1.82) is 0 Å². The lowest BCUT2D eigenvalue weighted by Gasteiger charge is -2.23. The molecule has 202 valence electrons. The predicted molar refractivity (Wildman–Crippen MR) is 169 cm³/mol. The van der Waals surface area contributed by atoms with Gasteiger partial charge in [0.1, 0.15) is 5.84 Å². The minimum absolute atomic E-state index is 0.566. The second kappa shape index (κ2) is 13.9. The number of aromatic nitrogens is 1. The van der Waals surface area contributed by atoms with E-state index in [1.54, 1.807) is 11.3 Å². The van der Waals surface area contributed by atoms with Crippen LogP contribution < -0.4 is 10.6 Å². The highest BCUT2D eigenvalue weighted by Gasteiger charge is 2.17. The highest BCUT2D eigenvalue weighted by Crippen LogP contribution is 2.35. The Morgan fingerprint density at radius 2 is 1.85 bits per heavy atom. The Labute approximate surface area is 238 Å². The molecular weight excluding hydrogens is 496 g/mol. The number of thiazole rings is 1. The topological polar surface area (TPSA) is 54.5 Å². The van der Waals surface area contributed by atoms with Gasteiger partial charge >= 0.3 is 0 Å². The molecular formula is C34H40N4S. The smallest absolute Gasteiger partial charge is 0.190 e. The van der Waals surface area contributed by atoms with Crippen LogP contribution >= 0.6 is 11.3 Å². The van der Waals surface area contributed by atoms with Gasteiger partial charge in [-0.05, 0) is 61.4 Å². The van der Waals surface area contributed by atoms with Crippen LogP contribution in [0, 0.1) is 6.92 Å². The van der Waals surface area contributed by atoms with Gasteiger partial charge in [0.15, 0.2) is 5.13 Å². The minimum atomic E-state index is 0.566. The van der Waals surface area contributed by atoms with E-state index in [9.17, 15) is 0 Å². The second-order valence-corrected chi connectivity index (χ2v) is 10.8. The SMILES string of the molecule is C=CCCN=C(N)c1ccc(CN(c2ccc(C(CC)CCC)cc2)c2nc(-c3cccc(C)c3)cs2)cc1. The Bertz CT molecular complexity index is 1370. The van der Waals surface area contributed by atoms with Gasteiger partial charge in [0, 0.05) is 28.7 Å². The molecule has 0 saturated carbocycles. The lowest BCUT2D eigenvalue weighted by Crippen LogP contribution is -2.17. The first-order valence-corrected chi connectivity index (χ1v) is 14.8. The molecule has 2 N–H and O–H groups in total. The fraction of sp³-hybridized carbons (Fsp3) is 0.294. The van der Waals surface area contributed by atoms with E-state index in [1.807, 2.05) is 6.08 Å². The Kier molecular flexibility index (Phi) is 10.1. The van der Waals surface area contributed by atoms with Crippen molar-refractivity contribution in [2.24, 2.45) is 10.7 Å². The zero-order valence-corrected chi connectivity index (χ0v) is 24.3. The third-order valence-electron chi connectivity index (χ3n) is 7.05. The molecule has 5 heteroatoms. The highest BCUT2D eigenvalue weighted by atomic mass is 32.1. The summed E-state index contributed by atoms with van der Waals surface area (Å²) in [5.74, 6) is 1.17. The number of aryl methyl sites for hydroxylation is 1. The number of amidine groups is 1. The zero-order valence-electron chi connectivity index (χ0n) is 23.4. The van der Waals surface area contributed by atoms with Crippen LogP contribution in [0.4, 0.5) is 10.8 Å². The third-order valence-corrected chi connectivity index (χ3v) is 7.91. The van der Waals surface area contributed by atoms with Gasteiger partial charge in [-0.3, -0.25) is 4.99 Å². The summed E-state index contributed by atoms with van der Waals surface area (Å²) in [5, 5.41) is 3.14. The van der Waals surface area contributed by atoms with Crippen molar-refractivity contribution in [3.05, 3.63) is 113 Å². The summed E-state index contributed by atoms with van der Waals surface area (Å²) in [6, 6.07) is 26.0. The predicted octanol–water partition coefficient (Wildman–Crippen LogP) is 9.03. The number of nitrogens with zero attached hydrogens (tertiary/aromatic N) is 3. The summed E-state index contributed by atoms with van der Waals surface area (Å²) < 4.78 is 0. The van der Waals surface area contributed by atoms with E-state index in [1.165, 1.54) is 29.5 Å². The first-order valence-electron chi connectivity index (χ1n) is 13.9. The number of aliphatic imine (C=N–C) groups is 1. The molecule has 0 aliphatic rings. The lowest BCUT2D eigenvalue weighted by atomic mass is 9.92. The Balaban J connectivity index is 1.63. The molecule has 3 aromatic carbocycles. The molecule has 1 atom stereocenters. The fourth-order valence-corrected chi connectivity index (χ4v) is 5.66. The summed E-state index contributed by atoms with van der Waals surface area (Å²) in [7, 11) is 0. The van der Waals surface area contributed by atoms with Crippen molar-refractivity contribution in [2.45, 2.75) is 58.9 Å². The van der Waals surface area contributed by atoms with Crippen LogP contribution in [-0.2, 0) is 6.54 Å². The molecule has 0 radical (unpaired) electrons. The van der Waals surface area contributed by atoms with Crippen molar-refractivity contribution in [3.63, 3.8) is 0 Å². The van der Waals surface area contributed by atoms with Gasteiger partial charge in [0.25, 0.3) is 0 Å². The normalized spacial score (nSPS) is 12.3. The maximum atomic E-state index is 6.21. The van der Waals surface area contributed by atoms with E-state index in [4.69, 9.17) is 10.7 Å². The monoisotopic (exact) mass is 536 g/mol. The average molecular weight is 537 g/mol. The number of hydrogen-bond donors (Lipinski definition) is 1. The molecule has 0 fully saturated rings. The van der Waals surface area contributed by atoms with Crippen molar-refractivity contribution < 1.29 is 0 Å². The molecule has 1 aromatic heterocycles. The van der Waals surface area contributed by atoms with E-state index in [0.717, 1.165) is 40.5 Å². The maximum absolute atomic E-state index is 6.21. The molecule has 0 amide bonds. The molecule has 4 nitrogen and oxygen atoms in total. The standard InChI is InChI=1S/C34H40N4S/c1-5-8-21-36-33(35)29-15-13-26(14-16-29)23-38(31-19-17-28(18-20-31)27(7-3)10-6-2)34-37-32(24-39-34)30-12-9-11-25(4)22-30/h5,9,11-20,22,24,27H,1,6-8,10,21,23H2,2-4H3,(H2,35,36). The van der Waals surface area contributed by atoms with E-state index in [2.05, 4.69) is 115 Å². The quantitative estimate of drug-likeness (QED) is 0.0802. The number of hydrogen-bond acceptors (Lipinski definition) is 4. The van der Waals surface area contributed by atoms with Gasteiger partial charge in [0.2, 0.25) is 0 Å². The van der Waals surface area contributed by atoms with Crippen molar-refractivity contribution in [2.75, 3.05) is 11.4 Å². The number of rotatable bonds is 13. The van der Waals surface area contributed by atoms with Gasteiger partial charge in [-0.25, -0.2) is 4.98 Å². The number of benzene rings is 3. The molecule has 39 heavy (non-hydrogen) atoms. The van der Waals surface area contributed by atoms with Crippen LogP contribution in [0.25, 0.3) is 11.3 Å². The van der Waals surface area contributed by atoms with Gasteiger partial charge in [-0.2, -0.15) is 0 Å². The summed E-state index contributed by atoms with van der Waals surface area (Å²) >= 11 is 1.68. The summed E-state index contributed by atoms with van der Waals surface area (Å²) in [6.07, 6.45) is 6.26. The van der Waals surface area contributed by atoms with E-state index in [0.29, 0.717) is 24.8 Å². The minimum Gasteiger partial charge on any atom is -0.384 e. The largest absolute Gasteiger partial charge is 0.384 e. The Hall–Kier alpha value is -3.70. The fourth-order valence-electron chi connectivity index (χ4n) is 4.81. The zero-order chi connectivity index (χ0) is 27.6. The second-order valence-electron chi connectivity index (χ2n) is 10.00. The Morgan fingerprint density at radius 3 is 2.51 bits per heavy atom. The summed E-state index contributed by atoms with van der Waals surface area (Å²) in [4.78, 5) is 11.8. The molecule has 0 saturated heterocycles. The van der Waals surface area contributed by atoms with Gasteiger partial charge in [-0.1, -0.05) is 86.5 Å². The van der Waals surface area contributed by atoms with E-state index in [-0.39, 0.29) is 0 Å². The van der Waals surface area contributed by atoms with Crippen LogP contribution in [0.1, 0.15) is 67.7 Å². The first-order chi connectivity index (χ1) is 19.0. The molecule has 1 heterocycles. The summed E-state index contributed by atoms with van der Waals surface area (Å²) in [6.45, 7) is 11.8. The van der Waals surface area contributed by atoms with Crippen LogP contribution in [0.15, 0.2) is 95.8 Å². The lowest BCUT2D eigenvalue weighted by molar-refractivity contribution is 0.596. The van der Waals surface area contributed by atoms with Crippen molar-refractivity contribution in [1.82, 2.24) is 4.98 Å². The molecule has 1 unspecified atom stereocenters. The van der Waals surface area contributed by atoms with Gasteiger partial charge in [-0.15, -0.1) is 17.9 Å². The van der Waals surface area contributed by atoms with Gasteiger partial charge in [0.05, 0.1) is 12.2 Å². The van der Waals surface area contributed by atoms with Crippen LogP contribution in [0.2, 0.25) is 0 Å². The van der Waals surface area contributed by atoms with E-state index < -0.39 is 0 Å². The highest BCUT2D eigenvalue weighted by molar-refractivity contribution is 7.14. The van der Waals surface area contributed by atoms with Crippen molar-refractivity contribution >= 4 is 28.0 Å². The molecule has 0 spiro atoms. The van der Waals surface area contributed by atoms with Crippen LogP contribution in [0.5, 0.6) is 0 Å². The molecule has 4 rings (SSSR count). The van der Waals surface area contributed by atoms with Gasteiger partial charge < -0.3 is 10.6 Å². The number of nitrogens with two attached hydrogens (primary N) is 1. The molecule has 0 aliphatic carbocycles. The molecule has 0 aliphatic heterocycles. The molecule has 0 bridgehead atoms. The number of anilines is 2. The maximum Gasteiger partial charge on any atom is 0.190 e. The molecule has 4 aromatic rings. The van der Waals surface area contributed by atoms with Crippen molar-refractivity contribution in [3.8, 4) is 11.3 Å². The van der Waals surface area contributed by atoms with E-state index >= 15 is 0 Å². The Morgan fingerprint density at radius 1 is 1.08 bits per heavy atom. The first kappa shape index (κ1) is 28.3.